The molecule has 1 saturated heterocycles. The number of aliphatic hydroxyl groups excluding tert-OH is 2. The monoisotopic (exact) mass is 406 g/mol. The third-order valence-corrected chi connectivity index (χ3v) is 5.87. The Kier molecular flexibility index (Phi) is 5.56. The summed E-state index contributed by atoms with van der Waals surface area (Å²) in [5.41, 5.74) is 1.85. The molecule has 3 heterocycles. The van der Waals surface area contributed by atoms with Crippen LogP contribution in [-0.4, -0.2) is 39.2 Å². The van der Waals surface area contributed by atoms with Gasteiger partial charge in [-0.1, -0.05) is 35.1 Å². The van der Waals surface area contributed by atoms with Gasteiger partial charge in [-0.15, -0.1) is 10.2 Å². The van der Waals surface area contributed by atoms with Crippen molar-refractivity contribution >= 4 is 22.9 Å². The average Bonchev–Trinajstić information content (AvgIpc) is 3.34. The molecule has 142 valence electrons. The van der Waals surface area contributed by atoms with Gasteiger partial charge in [0.05, 0.1) is 31.2 Å². The van der Waals surface area contributed by atoms with Crippen LogP contribution in [-0.2, 0) is 11.2 Å². The van der Waals surface area contributed by atoms with Crippen LogP contribution in [0.5, 0.6) is 0 Å². The summed E-state index contributed by atoms with van der Waals surface area (Å²) in [6.45, 7) is -0.103. The van der Waals surface area contributed by atoms with E-state index in [0.717, 1.165) is 21.1 Å². The number of halogens is 1. The van der Waals surface area contributed by atoms with Crippen LogP contribution in [0, 0.1) is 0 Å². The highest BCUT2D eigenvalue weighted by molar-refractivity contribution is 7.14. The molecule has 3 aromatic rings. The Morgan fingerprint density at radius 1 is 1.22 bits per heavy atom. The summed E-state index contributed by atoms with van der Waals surface area (Å²) < 4.78 is 11.3. The van der Waals surface area contributed by atoms with E-state index in [0.29, 0.717) is 30.0 Å². The Morgan fingerprint density at radius 3 is 2.89 bits per heavy atom. The van der Waals surface area contributed by atoms with E-state index >= 15 is 0 Å². The molecule has 0 spiro atoms. The van der Waals surface area contributed by atoms with Crippen LogP contribution in [0.15, 0.2) is 41.0 Å². The molecule has 1 aliphatic heterocycles. The molecule has 27 heavy (non-hydrogen) atoms. The number of furan rings is 1. The Labute approximate surface area is 165 Å². The molecule has 3 unspecified atom stereocenters. The lowest BCUT2D eigenvalue weighted by Gasteiger charge is -2.32. The third-order valence-electron chi connectivity index (χ3n) is 4.56. The van der Waals surface area contributed by atoms with Crippen LogP contribution >= 0.6 is 22.9 Å². The van der Waals surface area contributed by atoms with Crippen LogP contribution in [0.3, 0.4) is 0 Å². The fraction of sp³-hybridized carbons (Fsp3) is 0.368. The molecule has 0 saturated carbocycles. The van der Waals surface area contributed by atoms with Gasteiger partial charge in [0, 0.05) is 24.3 Å². The lowest BCUT2D eigenvalue weighted by molar-refractivity contribution is -0.113. The zero-order valence-corrected chi connectivity index (χ0v) is 16.0. The molecule has 3 atom stereocenters. The second-order valence-corrected chi connectivity index (χ2v) is 8.03. The van der Waals surface area contributed by atoms with Gasteiger partial charge in [0.1, 0.15) is 5.01 Å². The molecule has 1 aliphatic rings. The van der Waals surface area contributed by atoms with Crippen molar-refractivity contribution in [3.63, 3.8) is 0 Å². The molecular formula is C19H19ClN2O4S. The molecule has 2 aromatic heterocycles. The van der Waals surface area contributed by atoms with Crippen LogP contribution in [0.1, 0.15) is 35.1 Å². The highest BCUT2D eigenvalue weighted by atomic mass is 35.5. The van der Waals surface area contributed by atoms with Gasteiger partial charge in [-0.2, -0.15) is 0 Å². The van der Waals surface area contributed by atoms with E-state index < -0.39 is 6.10 Å². The molecule has 1 fully saturated rings. The predicted molar refractivity (Wildman–Crippen MR) is 102 cm³/mol. The minimum atomic E-state index is -0.487. The molecule has 6 nitrogen and oxygen atoms in total. The summed E-state index contributed by atoms with van der Waals surface area (Å²) in [5, 5.41) is 30.0. The molecule has 0 radical (unpaired) electrons. The molecule has 8 heteroatoms. The van der Waals surface area contributed by atoms with E-state index in [-0.39, 0.29) is 18.8 Å². The maximum absolute atomic E-state index is 10.1. The highest BCUT2D eigenvalue weighted by Gasteiger charge is 2.29. The summed E-state index contributed by atoms with van der Waals surface area (Å²) in [6.07, 6.45) is 2.00. The number of aliphatic hydroxyl groups is 2. The minimum absolute atomic E-state index is 0.103. The number of benzene rings is 1. The SMILES string of the molecule is OCC1CC(O)CC(c2ccc(Cl)c(Cc3nnc(-c4ccco4)s3)c2)O1. The van der Waals surface area contributed by atoms with Gasteiger partial charge in [-0.05, 0) is 29.3 Å². The Balaban J connectivity index is 1.54. The van der Waals surface area contributed by atoms with Crippen molar-refractivity contribution in [2.45, 2.75) is 37.6 Å². The van der Waals surface area contributed by atoms with Crippen molar-refractivity contribution < 1.29 is 19.4 Å². The van der Waals surface area contributed by atoms with E-state index in [2.05, 4.69) is 10.2 Å². The van der Waals surface area contributed by atoms with E-state index in [9.17, 15) is 10.2 Å². The molecule has 0 aliphatic carbocycles. The molecule has 2 N–H and O–H groups in total. The number of nitrogens with zero attached hydrogens (tertiary/aromatic N) is 2. The van der Waals surface area contributed by atoms with Gasteiger partial charge in [-0.3, -0.25) is 0 Å². The van der Waals surface area contributed by atoms with E-state index in [1.807, 2.05) is 30.3 Å². The lowest BCUT2D eigenvalue weighted by atomic mass is 9.95. The first-order chi connectivity index (χ1) is 13.1. The van der Waals surface area contributed by atoms with Crippen molar-refractivity contribution in [1.29, 1.82) is 0 Å². The summed E-state index contributed by atoms with van der Waals surface area (Å²) >= 11 is 7.84. The summed E-state index contributed by atoms with van der Waals surface area (Å²) in [4.78, 5) is 0. The minimum Gasteiger partial charge on any atom is -0.462 e. The quantitative estimate of drug-likeness (QED) is 0.672. The average molecular weight is 407 g/mol. The molecule has 1 aromatic carbocycles. The molecule has 0 amide bonds. The first-order valence-corrected chi connectivity index (χ1v) is 9.90. The van der Waals surface area contributed by atoms with Crippen LogP contribution in [0.25, 0.3) is 10.8 Å². The Bertz CT molecular complexity index is 899. The lowest BCUT2D eigenvalue weighted by Crippen LogP contribution is -2.33. The number of hydrogen-bond donors (Lipinski definition) is 2. The summed E-state index contributed by atoms with van der Waals surface area (Å²) in [6, 6.07) is 9.37. The van der Waals surface area contributed by atoms with Gasteiger partial charge in [0.15, 0.2) is 10.8 Å². The zero-order chi connectivity index (χ0) is 18.8. The van der Waals surface area contributed by atoms with Crippen molar-refractivity contribution in [1.82, 2.24) is 10.2 Å². The zero-order valence-electron chi connectivity index (χ0n) is 14.4. The van der Waals surface area contributed by atoms with Gasteiger partial charge >= 0.3 is 0 Å². The summed E-state index contributed by atoms with van der Waals surface area (Å²) in [7, 11) is 0. The normalized spacial score (nSPS) is 22.9. The standard InChI is InChI=1S/C19H19ClN2O4S/c20-15-4-3-11(17-9-13(24)8-14(10-23)26-17)6-12(15)7-18-21-22-19(27-18)16-2-1-5-25-16/h1-6,13-14,17,23-24H,7-10H2. The maximum atomic E-state index is 10.1. The Hall–Kier alpha value is -1.77. The fourth-order valence-electron chi connectivity index (χ4n) is 3.24. The van der Waals surface area contributed by atoms with Crippen LogP contribution < -0.4 is 0 Å². The van der Waals surface area contributed by atoms with Gasteiger partial charge in [0.25, 0.3) is 0 Å². The van der Waals surface area contributed by atoms with E-state index in [1.54, 1.807) is 6.26 Å². The smallest absolute Gasteiger partial charge is 0.183 e. The second-order valence-electron chi connectivity index (χ2n) is 6.56. The van der Waals surface area contributed by atoms with Crippen molar-refractivity contribution in [3.05, 3.63) is 57.8 Å². The largest absolute Gasteiger partial charge is 0.462 e. The second kappa shape index (κ2) is 8.08. The third kappa shape index (κ3) is 4.23. The van der Waals surface area contributed by atoms with Crippen LogP contribution in [0.4, 0.5) is 0 Å². The topological polar surface area (TPSA) is 88.6 Å². The van der Waals surface area contributed by atoms with E-state index in [1.165, 1.54) is 11.3 Å². The molecular weight excluding hydrogens is 388 g/mol. The van der Waals surface area contributed by atoms with Crippen molar-refractivity contribution in [2.24, 2.45) is 0 Å². The molecule has 0 bridgehead atoms. The predicted octanol–water partition coefficient (Wildman–Crippen LogP) is 3.62. The number of hydrogen-bond acceptors (Lipinski definition) is 7. The van der Waals surface area contributed by atoms with Crippen LogP contribution in [0.2, 0.25) is 5.02 Å². The number of aromatic nitrogens is 2. The van der Waals surface area contributed by atoms with Gasteiger partial charge < -0.3 is 19.4 Å². The first kappa shape index (κ1) is 18.6. The van der Waals surface area contributed by atoms with E-state index in [4.69, 9.17) is 20.8 Å². The van der Waals surface area contributed by atoms with Gasteiger partial charge in [0.2, 0.25) is 0 Å². The highest BCUT2D eigenvalue weighted by Crippen LogP contribution is 2.34. The molecule has 4 rings (SSSR count). The van der Waals surface area contributed by atoms with Gasteiger partial charge in [-0.25, -0.2) is 0 Å². The maximum Gasteiger partial charge on any atom is 0.183 e. The van der Waals surface area contributed by atoms with Crippen molar-refractivity contribution in [3.8, 4) is 10.8 Å². The summed E-state index contributed by atoms with van der Waals surface area (Å²) in [5.74, 6) is 0.693. The number of rotatable bonds is 5. The first-order valence-electron chi connectivity index (χ1n) is 8.71. The Morgan fingerprint density at radius 2 is 2.11 bits per heavy atom. The van der Waals surface area contributed by atoms with Crippen molar-refractivity contribution in [2.75, 3.05) is 6.61 Å². The fourth-order valence-corrected chi connectivity index (χ4v) is 4.26. The number of ether oxygens (including phenoxy) is 1.